The van der Waals surface area contributed by atoms with Crippen LogP contribution in [0.5, 0.6) is 0 Å². The lowest BCUT2D eigenvalue weighted by atomic mass is 9.70. The van der Waals surface area contributed by atoms with Crippen LogP contribution in [0.15, 0.2) is 261 Å². The fourth-order valence-corrected chi connectivity index (χ4v) is 15.4. The zero-order valence-electron chi connectivity index (χ0n) is 48.7. The quantitative estimate of drug-likeness (QED) is 0.150. The van der Waals surface area contributed by atoms with Crippen LogP contribution in [0.1, 0.15) is 88.9 Å². The number of fused-ring (bicyclic) bond motifs is 16. The van der Waals surface area contributed by atoms with Gasteiger partial charge in [0.05, 0.1) is 5.41 Å². The molecule has 16 rings (SSSR count). The highest BCUT2D eigenvalue weighted by Crippen LogP contribution is 2.64. The molecule has 402 valence electrons. The minimum atomic E-state index is -0.458. The third kappa shape index (κ3) is 7.23. The van der Waals surface area contributed by atoms with Gasteiger partial charge < -0.3 is 9.80 Å². The largest absolute Gasteiger partial charge is 0.310 e. The van der Waals surface area contributed by atoms with Crippen molar-refractivity contribution in [3.63, 3.8) is 0 Å². The molecule has 0 saturated carbocycles. The number of anilines is 6. The average Bonchev–Trinajstić information content (AvgIpc) is 1.81. The molecule has 0 radical (unpaired) electrons. The molecule has 0 heterocycles. The predicted molar refractivity (Wildman–Crippen MR) is 352 cm³/mol. The molecule has 0 N–H and O–H groups in total. The number of benzene rings is 12. The first-order valence-corrected chi connectivity index (χ1v) is 29.8. The molecule has 4 aliphatic carbocycles. The van der Waals surface area contributed by atoms with Crippen LogP contribution in [0, 0.1) is 20.8 Å². The Morgan fingerprint density at radius 1 is 0.226 bits per heavy atom. The molecule has 0 fully saturated rings. The van der Waals surface area contributed by atoms with E-state index in [-0.39, 0.29) is 10.8 Å². The van der Waals surface area contributed by atoms with E-state index in [2.05, 4.69) is 319 Å². The van der Waals surface area contributed by atoms with Crippen molar-refractivity contribution in [2.24, 2.45) is 0 Å². The fourth-order valence-electron chi connectivity index (χ4n) is 15.4. The van der Waals surface area contributed by atoms with Gasteiger partial charge in [0, 0.05) is 45.0 Å². The Bertz CT molecular complexity index is 4530. The normalized spacial score (nSPS) is 14.4. The number of hydrogen-bond donors (Lipinski definition) is 0. The Hall–Kier alpha value is -9.76. The van der Waals surface area contributed by atoms with Crippen LogP contribution in [-0.4, -0.2) is 0 Å². The summed E-state index contributed by atoms with van der Waals surface area (Å²) in [6, 6.07) is 98.9. The zero-order valence-corrected chi connectivity index (χ0v) is 48.7. The third-order valence-corrected chi connectivity index (χ3v) is 19.5. The summed E-state index contributed by atoms with van der Waals surface area (Å²) >= 11 is 0. The van der Waals surface area contributed by atoms with E-state index in [0.29, 0.717) is 0 Å². The Labute approximate surface area is 494 Å². The van der Waals surface area contributed by atoms with Crippen LogP contribution in [0.25, 0.3) is 66.8 Å². The van der Waals surface area contributed by atoms with Gasteiger partial charge in [0.2, 0.25) is 0 Å². The van der Waals surface area contributed by atoms with E-state index in [1.165, 1.54) is 128 Å². The monoisotopic (exact) mass is 1080 g/mol. The van der Waals surface area contributed by atoms with E-state index in [9.17, 15) is 0 Å². The molecule has 1 spiro atoms. The Kier molecular flexibility index (Phi) is 10.9. The molecule has 0 saturated heterocycles. The van der Waals surface area contributed by atoms with Crippen molar-refractivity contribution < 1.29 is 0 Å². The van der Waals surface area contributed by atoms with Crippen molar-refractivity contribution >= 4 is 34.1 Å². The van der Waals surface area contributed by atoms with Crippen molar-refractivity contribution in [1.82, 2.24) is 0 Å². The molecule has 0 unspecified atom stereocenters. The SMILES string of the molecule is Cc1ccc2c(c1)C(C)(C)c1cc(N(c3ccc(-c4ccc(N(c5cccc(-c6ccccc6)c5)c5ccc6c(c5)C5(c7ccccc7-c7ccccc75)c5ccccc5-6)cc4)c(C)c3)c3ccc4c(c3)C(C)(C)c3cc(C)ccc3-4)ccc1-2. The molecule has 2 heteroatoms. The van der Waals surface area contributed by atoms with Crippen molar-refractivity contribution in [3.8, 4) is 66.8 Å². The number of hydrogen-bond acceptors (Lipinski definition) is 2. The van der Waals surface area contributed by atoms with E-state index in [0.717, 1.165) is 34.1 Å². The molecule has 4 aliphatic rings. The molecule has 0 aromatic heterocycles. The highest BCUT2D eigenvalue weighted by molar-refractivity contribution is 5.97. The Morgan fingerprint density at radius 3 is 1.08 bits per heavy atom. The van der Waals surface area contributed by atoms with Gasteiger partial charge in [-0.05, 0) is 210 Å². The van der Waals surface area contributed by atoms with Gasteiger partial charge in [0.25, 0.3) is 0 Å². The van der Waals surface area contributed by atoms with Crippen LogP contribution in [0.4, 0.5) is 34.1 Å². The summed E-state index contributed by atoms with van der Waals surface area (Å²) in [5.74, 6) is 0. The maximum Gasteiger partial charge on any atom is 0.0726 e. The maximum atomic E-state index is 2.50. The van der Waals surface area contributed by atoms with Gasteiger partial charge >= 0.3 is 0 Å². The molecule has 12 aromatic rings. The van der Waals surface area contributed by atoms with Gasteiger partial charge in [-0.25, -0.2) is 0 Å². The summed E-state index contributed by atoms with van der Waals surface area (Å²) < 4.78 is 0. The van der Waals surface area contributed by atoms with Crippen LogP contribution >= 0.6 is 0 Å². The molecular formula is C82H64N2. The highest BCUT2D eigenvalue weighted by atomic mass is 15.1. The van der Waals surface area contributed by atoms with Crippen LogP contribution < -0.4 is 9.80 Å². The van der Waals surface area contributed by atoms with Crippen molar-refractivity contribution in [1.29, 1.82) is 0 Å². The van der Waals surface area contributed by atoms with E-state index in [1.807, 2.05) is 0 Å². The van der Waals surface area contributed by atoms with Crippen LogP contribution in [0.2, 0.25) is 0 Å². The van der Waals surface area contributed by atoms with Gasteiger partial charge in [-0.2, -0.15) is 0 Å². The van der Waals surface area contributed by atoms with Crippen LogP contribution in [0.3, 0.4) is 0 Å². The second-order valence-electron chi connectivity index (χ2n) is 25.1. The maximum absolute atomic E-state index is 2.50. The van der Waals surface area contributed by atoms with Gasteiger partial charge in [0.1, 0.15) is 0 Å². The second kappa shape index (κ2) is 18.4. The molecule has 0 bridgehead atoms. The summed E-state index contributed by atoms with van der Waals surface area (Å²) in [6.45, 7) is 16.3. The Morgan fingerprint density at radius 2 is 0.583 bits per heavy atom. The van der Waals surface area contributed by atoms with Gasteiger partial charge in [0.15, 0.2) is 0 Å². The predicted octanol–water partition coefficient (Wildman–Crippen LogP) is 21.8. The lowest BCUT2D eigenvalue weighted by Crippen LogP contribution is -2.26. The summed E-state index contributed by atoms with van der Waals surface area (Å²) in [4.78, 5) is 4.96. The van der Waals surface area contributed by atoms with Crippen molar-refractivity contribution in [2.75, 3.05) is 9.80 Å². The summed E-state index contributed by atoms with van der Waals surface area (Å²) in [6.07, 6.45) is 0. The Balaban J connectivity index is 0.813. The van der Waals surface area contributed by atoms with E-state index < -0.39 is 5.41 Å². The highest BCUT2D eigenvalue weighted by Gasteiger charge is 2.52. The van der Waals surface area contributed by atoms with E-state index in [1.54, 1.807) is 0 Å². The van der Waals surface area contributed by atoms with Gasteiger partial charge in [-0.15, -0.1) is 0 Å². The second-order valence-corrected chi connectivity index (χ2v) is 25.1. The van der Waals surface area contributed by atoms with E-state index in [4.69, 9.17) is 0 Å². The standard InChI is InChI=1S/C82H64N2/c1-51-28-38-67-69-41-35-60(48-77(69)80(4,5)75(67)44-51)84(61-36-42-70-68-39-29-52(2)45-76(68)81(6,7)78(70)49-61)59-34-40-63(53(3)46-59)55-30-32-57(33-31-55)83(58-21-17-20-56(47-58)54-18-9-8-10-19-54)62-37-43-71-66-24-13-16-27-74(66)82(79(71)50-62)72-25-14-11-22-64(72)65-23-12-15-26-73(65)82/h8-50H,1-7H3. The van der Waals surface area contributed by atoms with Crippen molar-refractivity contribution in [2.45, 2.75) is 64.7 Å². The topological polar surface area (TPSA) is 6.48 Å². The number of aryl methyl sites for hydroxylation is 3. The lowest BCUT2D eigenvalue weighted by Gasteiger charge is -2.32. The third-order valence-electron chi connectivity index (χ3n) is 19.5. The number of rotatable bonds is 8. The zero-order chi connectivity index (χ0) is 56.8. The minimum Gasteiger partial charge on any atom is -0.310 e. The molecule has 0 aliphatic heterocycles. The average molecular weight is 1080 g/mol. The summed E-state index contributed by atoms with van der Waals surface area (Å²) in [7, 11) is 0. The van der Waals surface area contributed by atoms with Gasteiger partial charge in [-0.3, -0.25) is 0 Å². The summed E-state index contributed by atoms with van der Waals surface area (Å²) in [5, 5.41) is 0. The van der Waals surface area contributed by atoms with Gasteiger partial charge in [-0.1, -0.05) is 227 Å². The first kappa shape index (κ1) is 50.0. The minimum absolute atomic E-state index is 0.146. The summed E-state index contributed by atoms with van der Waals surface area (Å²) in [5.41, 5.74) is 36.0. The van der Waals surface area contributed by atoms with Crippen LogP contribution in [-0.2, 0) is 16.2 Å². The molecule has 0 amide bonds. The smallest absolute Gasteiger partial charge is 0.0726 e. The van der Waals surface area contributed by atoms with E-state index >= 15 is 0 Å². The molecule has 84 heavy (non-hydrogen) atoms. The fraction of sp³-hybridized carbons (Fsp3) is 0.122. The first-order valence-electron chi connectivity index (χ1n) is 29.8. The van der Waals surface area contributed by atoms with Crippen molar-refractivity contribution in [3.05, 3.63) is 322 Å². The lowest BCUT2D eigenvalue weighted by molar-refractivity contribution is 0.659. The molecule has 0 atom stereocenters. The number of nitrogens with zero attached hydrogens (tertiary/aromatic N) is 2. The molecule has 12 aromatic carbocycles. The first-order chi connectivity index (χ1) is 40.9. The molecular weight excluding hydrogens is 1010 g/mol. The molecule has 2 nitrogen and oxygen atoms in total.